The van der Waals surface area contributed by atoms with Gasteiger partial charge in [0.15, 0.2) is 5.78 Å². The number of carbonyl (C=O) groups is 1. The van der Waals surface area contributed by atoms with E-state index in [1.54, 1.807) is 6.92 Å². The molecule has 2 heteroatoms. The SMILES string of the molecule is CC(=O)c1ccc(OC2CCC(C)CC2)c(C)c1. The number of aryl methyl sites for hydroxylation is 1. The summed E-state index contributed by atoms with van der Waals surface area (Å²) in [5, 5.41) is 0. The molecule has 0 spiro atoms. The number of hydrogen-bond acceptors (Lipinski definition) is 2. The standard InChI is InChI=1S/C16H22O2/c1-11-4-7-15(8-5-11)18-16-9-6-14(13(3)17)10-12(16)2/h6,9-11,15H,4-5,7-8H2,1-3H3. The van der Waals surface area contributed by atoms with Crippen molar-refractivity contribution >= 4 is 5.78 Å². The van der Waals surface area contributed by atoms with Crippen LogP contribution in [0.5, 0.6) is 5.75 Å². The third kappa shape index (κ3) is 3.12. The predicted octanol–water partition coefficient (Wildman–Crippen LogP) is 4.16. The van der Waals surface area contributed by atoms with E-state index in [0.29, 0.717) is 6.10 Å². The third-order valence-corrected chi connectivity index (χ3v) is 3.84. The van der Waals surface area contributed by atoms with Crippen molar-refractivity contribution in [1.82, 2.24) is 0 Å². The zero-order chi connectivity index (χ0) is 13.1. The first-order chi connectivity index (χ1) is 8.56. The van der Waals surface area contributed by atoms with Gasteiger partial charge in [-0.2, -0.15) is 0 Å². The van der Waals surface area contributed by atoms with Gasteiger partial charge in [0.1, 0.15) is 5.75 Å². The highest BCUT2D eigenvalue weighted by molar-refractivity contribution is 5.94. The number of hydrogen-bond donors (Lipinski definition) is 0. The van der Waals surface area contributed by atoms with E-state index < -0.39 is 0 Å². The smallest absolute Gasteiger partial charge is 0.159 e. The minimum Gasteiger partial charge on any atom is -0.490 e. The Morgan fingerprint density at radius 2 is 1.89 bits per heavy atom. The molecule has 0 heterocycles. The molecule has 0 amide bonds. The quantitative estimate of drug-likeness (QED) is 0.749. The monoisotopic (exact) mass is 246 g/mol. The lowest BCUT2D eigenvalue weighted by Crippen LogP contribution is -2.23. The highest BCUT2D eigenvalue weighted by atomic mass is 16.5. The summed E-state index contributed by atoms with van der Waals surface area (Å²) in [4.78, 5) is 11.3. The van der Waals surface area contributed by atoms with Gasteiger partial charge in [-0.1, -0.05) is 6.92 Å². The Morgan fingerprint density at radius 1 is 1.22 bits per heavy atom. The van der Waals surface area contributed by atoms with E-state index >= 15 is 0 Å². The summed E-state index contributed by atoms with van der Waals surface area (Å²) in [6, 6.07) is 5.71. The van der Waals surface area contributed by atoms with Gasteiger partial charge in [0.2, 0.25) is 0 Å². The van der Waals surface area contributed by atoms with E-state index in [1.165, 1.54) is 12.8 Å². The summed E-state index contributed by atoms with van der Waals surface area (Å²) >= 11 is 0. The van der Waals surface area contributed by atoms with Crippen molar-refractivity contribution in [3.8, 4) is 5.75 Å². The molecule has 1 aliphatic carbocycles. The molecule has 1 aromatic carbocycles. The summed E-state index contributed by atoms with van der Waals surface area (Å²) in [5.74, 6) is 1.88. The Morgan fingerprint density at radius 3 is 2.44 bits per heavy atom. The first-order valence-electron chi connectivity index (χ1n) is 6.84. The zero-order valence-corrected chi connectivity index (χ0v) is 11.5. The number of rotatable bonds is 3. The molecule has 0 atom stereocenters. The molecule has 0 aliphatic heterocycles. The predicted molar refractivity (Wildman–Crippen MR) is 73.2 cm³/mol. The second-order valence-corrected chi connectivity index (χ2v) is 5.54. The first-order valence-corrected chi connectivity index (χ1v) is 6.84. The molecule has 0 N–H and O–H groups in total. The normalized spacial score (nSPS) is 23.7. The van der Waals surface area contributed by atoms with Crippen LogP contribution < -0.4 is 4.74 Å². The molecule has 0 radical (unpaired) electrons. The minimum atomic E-state index is 0.108. The lowest BCUT2D eigenvalue weighted by molar-refractivity contribution is 0.101. The van der Waals surface area contributed by atoms with Crippen LogP contribution in [0, 0.1) is 12.8 Å². The molecule has 1 saturated carbocycles. The van der Waals surface area contributed by atoms with Crippen LogP contribution in [0.3, 0.4) is 0 Å². The van der Waals surface area contributed by atoms with Crippen molar-refractivity contribution in [3.63, 3.8) is 0 Å². The van der Waals surface area contributed by atoms with E-state index in [0.717, 1.165) is 35.6 Å². The minimum absolute atomic E-state index is 0.108. The number of Topliss-reactive ketones (excluding diaryl/α,β-unsaturated/α-hetero) is 1. The fourth-order valence-corrected chi connectivity index (χ4v) is 2.53. The lowest BCUT2D eigenvalue weighted by atomic mass is 9.89. The average Bonchev–Trinajstić information content (AvgIpc) is 2.34. The van der Waals surface area contributed by atoms with Gasteiger partial charge >= 0.3 is 0 Å². The van der Waals surface area contributed by atoms with E-state index in [-0.39, 0.29) is 5.78 Å². The maximum atomic E-state index is 11.3. The third-order valence-electron chi connectivity index (χ3n) is 3.84. The largest absolute Gasteiger partial charge is 0.490 e. The molecule has 1 aromatic rings. The van der Waals surface area contributed by atoms with Crippen LogP contribution in [0.1, 0.15) is 55.5 Å². The molecule has 2 nitrogen and oxygen atoms in total. The number of ketones is 1. The maximum Gasteiger partial charge on any atom is 0.159 e. The van der Waals surface area contributed by atoms with Crippen molar-refractivity contribution in [2.45, 2.75) is 52.6 Å². The summed E-state index contributed by atoms with van der Waals surface area (Å²) in [7, 11) is 0. The van der Waals surface area contributed by atoms with Gasteiger partial charge in [-0.05, 0) is 69.2 Å². The van der Waals surface area contributed by atoms with Crippen LogP contribution in [-0.2, 0) is 0 Å². The van der Waals surface area contributed by atoms with Gasteiger partial charge < -0.3 is 4.74 Å². The Bertz CT molecular complexity index is 429. The van der Waals surface area contributed by atoms with Gasteiger partial charge in [0.05, 0.1) is 6.10 Å². The topological polar surface area (TPSA) is 26.3 Å². The van der Waals surface area contributed by atoms with Gasteiger partial charge in [-0.3, -0.25) is 4.79 Å². The van der Waals surface area contributed by atoms with Crippen LogP contribution in [0.4, 0.5) is 0 Å². The molecule has 1 aliphatic rings. The molecule has 2 rings (SSSR count). The molecule has 0 aromatic heterocycles. The average molecular weight is 246 g/mol. The Kier molecular flexibility index (Phi) is 4.05. The van der Waals surface area contributed by atoms with Crippen LogP contribution in [0.15, 0.2) is 18.2 Å². The van der Waals surface area contributed by atoms with Gasteiger partial charge in [0.25, 0.3) is 0 Å². The van der Waals surface area contributed by atoms with Crippen molar-refractivity contribution in [2.24, 2.45) is 5.92 Å². The summed E-state index contributed by atoms with van der Waals surface area (Å²) in [6.07, 6.45) is 5.16. The molecule has 1 fully saturated rings. The van der Waals surface area contributed by atoms with Gasteiger partial charge in [-0.15, -0.1) is 0 Å². The Labute approximate surface area is 109 Å². The number of ether oxygens (including phenoxy) is 1. The highest BCUT2D eigenvalue weighted by Gasteiger charge is 2.20. The Hall–Kier alpha value is -1.31. The lowest BCUT2D eigenvalue weighted by Gasteiger charge is -2.27. The van der Waals surface area contributed by atoms with Crippen LogP contribution >= 0.6 is 0 Å². The van der Waals surface area contributed by atoms with Crippen molar-refractivity contribution < 1.29 is 9.53 Å². The van der Waals surface area contributed by atoms with Crippen LogP contribution in [-0.4, -0.2) is 11.9 Å². The van der Waals surface area contributed by atoms with Gasteiger partial charge in [0, 0.05) is 5.56 Å². The molecule has 18 heavy (non-hydrogen) atoms. The highest BCUT2D eigenvalue weighted by Crippen LogP contribution is 2.29. The zero-order valence-electron chi connectivity index (χ0n) is 11.5. The van der Waals surface area contributed by atoms with Crippen LogP contribution in [0.2, 0.25) is 0 Å². The molecule has 98 valence electrons. The molecular weight excluding hydrogens is 224 g/mol. The van der Waals surface area contributed by atoms with Crippen molar-refractivity contribution in [1.29, 1.82) is 0 Å². The molecule has 0 unspecified atom stereocenters. The van der Waals surface area contributed by atoms with E-state index in [2.05, 4.69) is 6.92 Å². The second-order valence-electron chi connectivity index (χ2n) is 5.54. The Balaban J connectivity index is 2.03. The van der Waals surface area contributed by atoms with Gasteiger partial charge in [-0.25, -0.2) is 0 Å². The first kappa shape index (κ1) is 13.1. The summed E-state index contributed by atoms with van der Waals surface area (Å²) < 4.78 is 6.06. The second kappa shape index (κ2) is 5.55. The van der Waals surface area contributed by atoms with Crippen LogP contribution in [0.25, 0.3) is 0 Å². The number of carbonyl (C=O) groups excluding carboxylic acids is 1. The molecular formula is C16H22O2. The molecule has 0 saturated heterocycles. The van der Waals surface area contributed by atoms with Crippen molar-refractivity contribution in [3.05, 3.63) is 29.3 Å². The summed E-state index contributed by atoms with van der Waals surface area (Å²) in [5.41, 5.74) is 1.82. The van der Waals surface area contributed by atoms with E-state index in [4.69, 9.17) is 4.74 Å². The fourth-order valence-electron chi connectivity index (χ4n) is 2.53. The fraction of sp³-hybridized carbons (Fsp3) is 0.562. The van der Waals surface area contributed by atoms with E-state index in [9.17, 15) is 4.79 Å². The molecule has 0 bridgehead atoms. The van der Waals surface area contributed by atoms with E-state index in [1.807, 2.05) is 25.1 Å². The number of benzene rings is 1. The maximum absolute atomic E-state index is 11.3. The summed E-state index contributed by atoms with van der Waals surface area (Å²) in [6.45, 7) is 5.91. The van der Waals surface area contributed by atoms with Crippen molar-refractivity contribution in [2.75, 3.05) is 0 Å².